The lowest BCUT2D eigenvalue weighted by Gasteiger charge is -2.32. The molecule has 6 nitrogen and oxygen atoms in total. The first kappa shape index (κ1) is 13.9. The van der Waals surface area contributed by atoms with Crippen LogP contribution in [0, 0.1) is 6.92 Å². The average molecular weight is 288 g/mol. The van der Waals surface area contributed by atoms with Gasteiger partial charge in [-0.3, -0.25) is 4.79 Å². The number of carbonyl (C=O) groups is 1. The van der Waals surface area contributed by atoms with Crippen LogP contribution in [0.25, 0.3) is 0 Å². The fourth-order valence-electron chi connectivity index (χ4n) is 2.77. The number of carbonyl (C=O) groups excluding carboxylic acids is 1. The van der Waals surface area contributed by atoms with Gasteiger partial charge in [-0.2, -0.15) is 0 Å². The molecule has 1 atom stereocenters. The molecule has 1 unspecified atom stereocenters. The molecule has 0 aliphatic carbocycles. The Morgan fingerprint density at radius 3 is 2.81 bits per heavy atom. The molecule has 0 bridgehead atoms. The summed E-state index contributed by atoms with van der Waals surface area (Å²) in [5, 5.41) is 0. The SMILES string of the molecule is Cc1cn(C)c(C2CN(C(=O)c3cccn3C)CCO2)n1. The zero-order valence-corrected chi connectivity index (χ0v) is 12.6. The molecule has 3 rings (SSSR count). The van der Waals surface area contributed by atoms with E-state index in [2.05, 4.69) is 4.98 Å². The molecule has 0 saturated carbocycles. The molecule has 1 amide bonds. The van der Waals surface area contributed by atoms with Gasteiger partial charge in [0.2, 0.25) is 0 Å². The van der Waals surface area contributed by atoms with Crippen LogP contribution in [0.15, 0.2) is 24.5 Å². The van der Waals surface area contributed by atoms with Crippen molar-refractivity contribution < 1.29 is 9.53 Å². The summed E-state index contributed by atoms with van der Waals surface area (Å²) in [6, 6.07) is 3.73. The third-order valence-corrected chi connectivity index (χ3v) is 3.84. The zero-order valence-electron chi connectivity index (χ0n) is 12.6. The van der Waals surface area contributed by atoms with Crippen molar-refractivity contribution in [2.45, 2.75) is 13.0 Å². The molecule has 1 aliphatic heterocycles. The second-order valence-electron chi connectivity index (χ2n) is 5.47. The Labute approximate surface area is 123 Å². The summed E-state index contributed by atoms with van der Waals surface area (Å²) in [4.78, 5) is 18.9. The molecule has 2 aromatic rings. The molecular formula is C15H20N4O2. The molecule has 2 aromatic heterocycles. The summed E-state index contributed by atoms with van der Waals surface area (Å²) in [5.41, 5.74) is 1.66. The Morgan fingerprint density at radius 1 is 1.38 bits per heavy atom. The van der Waals surface area contributed by atoms with Crippen LogP contribution < -0.4 is 0 Å². The highest BCUT2D eigenvalue weighted by Crippen LogP contribution is 2.22. The van der Waals surface area contributed by atoms with E-state index in [1.165, 1.54) is 0 Å². The average Bonchev–Trinajstić information content (AvgIpc) is 3.03. The molecule has 0 aromatic carbocycles. The van der Waals surface area contributed by atoms with Crippen molar-refractivity contribution in [1.29, 1.82) is 0 Å². The van der Waals surface area contributed by atoms with Crippen LogP contribution in [0.1, 0.15) is 28.1 Å². The summed E-state index contributed by atoms with van der Waals surface area (Å²) in [7, 11) is 3.84. The van der Waals surface area contributed by atoms with Gasteiger partial charge in [0.15, 0.2) is 0 Å². The maximum atomic E-state index is 12.6. The third kappa shape index (κ3) is 2.58. The summed E-state index contributed by atoms with van der Waals surface area (Å²) in [6.45, 7) is 3.64. The molecule has 1 aliphatic rings. The largest absolute Gasteiger partial charge is 0.367 e. The van der Waals surface area contributed by atoms with Crippen LogP contribution in [-0.2, 0) is 18.8 Å². The number of hydrogen-bond donors (Lipinski definition) is 0. The van der Waals surface area contributed by atoms with E-state index in [1.807, 2.05) is 59.6 Å². The first-order valence-electron chi connectivity index (χ1n) is 7.08. The van der Waals surface area contributed by atoms with Gasteiger partial charge in [-0.1, -0.05) is 0 Å². The highest BCUT2D eigenvalue weighted by Gasteiger charge is 2.29. The van der Waals surface area contributed by atoms with Crippen molar-refractivity contribution in [2.75, 3.05) is 19.7 Å². The maximum absolute atomic E-state index is 12.6. The fourth-order valence-corrected chi connectivity index (χ4v) is 2.77. The van der Waals surface area contributed by atoms with E-state index in [4.69, 9.17) is 4.74 Å². The first-order chi connectivity index (χ1) is 10.1. The first-order valence-corrected chi connectivity index (χ1v) is 7.08. The summed E-state index contributed by atoms with van der Waals surface area (Å²) in [6.07, 6.45) is 3.69. The van der Waals surface area contributed by atoms with Gasteiger partial charge in [0.1, 0.15) is 17.6 Å². The minimum absolute atomic E-state index is 0.0433. The van der Waals surface area contributed by atoms with Gasteiger partial charge in [-0.25, -0.2) is 4.98 Å². The Bertz CT molecular complexity index is 658. The van der Waals surface area contributed by atoms with Gasteiger partial charge in [-0.15, -0.1) is 0 Å². The topological polar surface area (TPSA) is 52.3 Å². The lowest BCUT2D eigenvalue weighted by Crippen LogP contribution is -2.43. The van der Waals surface area contributed by atoms with Gasteiger partial charge in [-0.05, 0) is 19.1 Å². The number of morpholine rings is 1. The maximum Gasteiger partial charge on any atom is 0.270 e. The van der Waals surface area contributed by atoms with E-state index in [1.54, 1.807) is 0 Å². The summed E-state index contributed by atoms with van der Waals surface area (Å²) >= 11 is 0. The van der Waals surface area contributed by atoms with Gasteiger partial charge >= 0.3 is 0 Å². The van der Waals surface area contributed by atoms with Crippen molar-refractivity contribution in [1.82, 2.24) is 19.0 Å². The van der Waals surface area contributed by atoms with Crippen molar-refractivity contribution in [3.05, 3.63) is 41.7 Å². The Morgan fingerprint density at radius 2 is 2.19 bits per heavy atom. The third-order valence-electron chi connectivity index (χ3n) is 3.84. The minimum atomic E-state index is -0.165. The lowest BCUT2D eigenvalue weighted by atomic mass is 10.2. The number of amides is 1. The molecule has 1 fully saturated rings. The van der Waals surface area contributed by atoms with Gasteiger partial charge < -0.3 is 18.8 Å². The zero-order chi connectivity index (χ0) is 15.0. The lowest BCUT2D eigenvalue weighted by molar-refractivity contribution is -0.0282. The van der Waals surface area contributed by atoms with Crippen molar-refractivity contribution in [3.63, 3.8) is 0 Å². The molecule has 0 radical (unpaired) electrons. The summed E-state index contributed by atoms with van der Waals surface area (Å²) in [5.74, 6) is 0.915. The highest BCUT2D eigenvalue weighted by molar-refractivity contribution is 5.92. The van der Waals surface area contributed by atoms with Gasteiger partial charge in [0.05, 0.1) is 18.8 Å². The molecular weight excluding hydrogens is 268 g/mol. The molecule has 6 heteroatoms. The van der Waals surface area contributed by atoms with E-state index in [0.29, 0.717) is 25.4 Å². The van der Waals surface area contributed by atoms with Crippen LogP contribution in [0.5, 0.6) is 0 Å². The Hall–Kier alpha value is -2.08. The second-order valence-corrected chi connectivity index (χ2v) is 5.47. The summed E-state index contributed by atoms with van der Waals surface area (Å²) < 4.78 is 9.62. The van der Waals surface area contributed by atoms with E-state index in [-0.39, 0.29) is 12.0 Å². The molecule has 21 heavy (non-hydrogen) atoms. The van der Waals surface area contributed by atoms with Crippen molar-refractivity contribution in [3.8, 4) is 0 Å². The van der Waals surface area contributed by atoms with Gasteiger partial charge in [0, 0.05) is 33.0 Å². The smallest absolute Gasteiger partial charge is 0.270 e. The number of nitrogens with zero attached hydrogens (tertiary/aromatic N) is 4. The van der Waals surface area contributed by atoms with Crippen LogP contribution in [0.3, 0.4) is 0 Å². The highest BCUT2D eigenvalue weighted by atomic mass is 16.5. The number of ether oxygens (including phenoxy) is 1. The quantitative estimate of drug-likeness (QED) is 0.836. The molecule has 0 spiro atoms. The standard InChI is InChI=1S/C15H20N4O2/c1-11-9-18(3)14(16-11)13-10-19(7-8-21-13)15(20)12-5-4-6-17(12)2/h4-6,9,13H,7-8,10H2,1-3H3. The molecule has 0 N–H and O–H groups in total. The monoisotopic (exact) mass is 288 g/mol. The molecule has 3 heterocycles. The van der Waals surface area contributed by atoms with E-state index in [0.717, 1.165) is 11.5 Å². The number of imidazole rings is 1. The number of aryl methyl sites for hydroxylation is 3. The number of rotatable bonds is 2. The Balaban J connectivity index is 1.79. The Kier molecular flexibility index (Phi) is 3.55. The number of aromatic nitrogens is 3. The van der Waals surface area contributed by atoms with Crippen LogP contribution in [0.2, 0.25) is 0 Å². The second kappa shape index (κ2) is 5.37. The van der Waals surface area contributed by atoms with E-state index < -0.39 is 0 Å². The van der Waals surface area contributed by atoms with Crippen molar-refractivity contribution >= 4 is 5.91 Å². The predicted octanol–water partition coefficient (Wildman–Crippen LogP) is 1.28. The number of hydrogen-bond acceptors (Lipinski definition) is 3. The van der Waals surface area contributed by atoms with E-state index >= 15 is 0 Å². The normalized spacial score (nSPS) is 19.0. The predicted molar refractivity (Wildman–Crippen MR) is 78.0 cm³/mol. The van der Waals surface area contributed by atoms with E-state index in [9.17, 15) is 4.79 Å². The van der Waals surface area contributed by atoms with Crippen LogP contribution in [-0.4, -0.2) is 44.6 Å². The van der Waals surface area contributed by atoms with Crippen LogP contribution in [0.4, 0.5) is 0 Å². The van der Waals surface area contributed by atoms with Crippen molar-refractivity contribution in [2.24, 2.45) is 14.1 Å². The van der Waals surface area contributed by atoms with Crippen LogP contribution >= 0.6 is 0 Å². The molecule has 112 valence electrons. The molecule has 1 saturated heterocycles. The van der Waals surface area contributed by atoms with Gasteiger partial charge in [0.25, 0.3) is 5.91 Å². The fraction of sp³-hybridized carbons (Fsp3) is 0.467. The minimum Gasteiger partial charge on any atom is -0.367 e.